The summed E-state index contributed by atoms with van der Waals surface area (Å²) in [4.78, 5) is 21.2. The van der Waals surface area contributed by atoms with Crippen LogP contribution in [0.15, 0.2) is 27.4 Å². The van der Waals surface area contributed by atoms with E-state index in [1.807, 2.05) is 0 Å². The Kier molecular flexibility index (Phi) is 2.20. The molecule has 78 valence electrons. The van der Waals surface area contributed by atoms with Crippen LogP contribution >= 0.6 is 11.6 Å². The normalized spacial score (nSPS) is 10.7. The number of nitro benzene ring substituents is 1. The van der Waals surface area contributed by atoms with Gasteiger partial charge in [0.25, 0.3) is 5.69 Å². The Hall–Kier alpha value is -1.82. The van der Waals surface area contributed by atoms with Gasteiger partial charge in [-0.3, -0.25) is 14.7 Å². The van der Waals surface area contributed by atoms with Crippen LogP contribution < -0.4 is 5.76 Å². The molecule has 0 aliphatic heterocycles. The molecule has 1 aromatic heterocycles. The molecule has 0 fully saturated rings. The Morgan fingerprint density at radius 1 is 1.53 bits per heavy atom. The molecular formula is C8H5ClN2O4. The van der Waals surface area contributed by atoms with Gasteiger partial charge in [-0.1, -0.05) is 0 Å². The van der Waals surface area contributed by atoms with Crippen LogP contribution in [0, 0.1) is 10.1 Å². The number of alkyl halides is 1. The van der Waals surface area contributed by atoms with Crippen molar-refractivity contribution in [3.05, 3.63) is 38.9 Å². The summed E-state index contributed by atoms with van der Waals surface area (Å²) in [7, 11) is 0. The number of oxazole rings is 1. The average Bonchev–Trinajstić information content (AvgIpc) is 2.51. The molecule has 7 heteroatoms. The van der Waals surface area contributed by atoms with E-state index in [2.05, 4.69) is 0 Å². The first-order valence-corrected chi connectivity index (χ1v) is 4.50. The predicted octanol–water partition coefficient (Wildman–Crippen LogP) is 1.70. The van der Waals surface area contributed by atoms with Gasteiger partial charge < -0.3 is 4.42 Å². The second-order valence-electron chi connectivity index (χ2n) is 2.82. The summed E-state index contributed by atoms with van der Waals surface area (Å²) in [6, 6.07) is 3.79. The maximum Gasteiger partial charge on any atom is 0.421 e. The molecule has 0 bridgehead atoms. The minimum atomic E-state index is -0.625. The van der Waals surface area contributed by atoms with E-state index in [9.17, 15) is 14.9 Å². The Labute approximate surface area is 87.8 Å². The summed E-state index contributed by atoms with van der Waals surface area (Å²) >= 11 is 5.52. The van der Waals surface area contributed by atoms with E-state index in [1.165, 1.54) is 18.2 Å². The van der Waals surface area contributed by atoms with E-state index in [4.69, 9.17) is 16.0 Å². The van der Waals surface area contributed by atoms with Gasteiger partial charge in [0.05, 0.1) is 10.4 Å². The van der Waals surface area contributed by atoms with Crippen molar-refractivity contribution in [2.24, 2.45) is 0 Å². The number of hydrogen-bond donors (Lipinski definition) is 0. The Morgan fingerprint density at radius 2 is 2.27 bits per heavy atom. The van der Waals surface area contributed by atoms with E-state index >= 15 is 0 Å². The molecule has 0 aliphatic rings. The quantitative estimate of drug-likeness (QED) is 0.445. The highest BCUT2D eigenvalue weighted by atomic mass is 35.5. The summed E-state index contributed by atoms with van der Waals surface area (Å²) in [6.07, 6.45) is 0. The lowest BCUT2D eigenvalue weighted by Crippen LogP contribution is -2.10. The number of non-ortho nitro benzene ring substituents is 1. The van der Waals surface area contributed by atoms with E-state index in [0.29, 0.717) is 5.52 Å². The Balaban J connectivity index is 2.79. The maximum atomic E-state index is 11.2. The molecule has 6 nitrogen and oxygen atoms in total. The van der Waals surface area contributed by atoms with Crippen molar-refractivity contribution < 1.29 is 9.34 Å². The molecule has 0 saturated heterocycles. The zero-order valence-electron chi connectivity index (χ0n) is 7.34. The largest absolute Gasteiger partial charge is 0.421 e. The molecule has 0 amide bonds. The molecule has 15 heavy (non-hydrogen) atoms. The first kappa shape index (κ1) is 9.72. The van der Waals surface area contributed by atoms with Gasteiger partial charge in [0.1, 0.15) is 6.00 Å². The van der Waals surface area contributed by atoms with Crippen molar-refractivity contribution in [2.75, 3.05) is 0 Å². The number of fused-ring (bicyclic) bond motifs is 1. The number of hydrogen-bond acceptors (Lipinski definition) is 4. The SMILES string of the molecule is O=c1oc2ccc([N+](=O)[O-])cc2n1CCl. The van der Waals surface area contributed by atoms with E-state index in [0.717, 1.165) is 4.57 Å². The van der Waals surface area contributed by atoms with Gasteiger partial charge in [-0.2, -0.15) is 0 Å². The predicted molar refractivity (Wildman–Crippen MR) is 53.0 cm³/mol. The van der Waals surface area contributed by atoms with Gasteiger partial charge in [0, 0.05) is 12.1 Å². The molecule has 2 aromatic rings. The first-order chi connectivity index (χ1) is 7.13. The van der Waals surface area contributed by atoms with E-state index in [1.54, 1.807) is 0 Å². The van der Waals surface area contributed by atoms with Crippen molar-refractivity contribution in [1.29, 1.82) is 0 Å². The Bertz CT molecular complexity index is 586. The van der Waals surface area contributed by atoms with Crippen LogP contribution in [0.5, 0.6) is 0 Å². The molecule has 0 unspecified atom stereocenters. The number of halogens is 1. The number of nitro groups is 1. The zero-order valence-corrected chi connectivity index (χ0v) is 8.10. The Morgan fingerprint density at radius 3 is 2.87 bits per heavy atom. The smallest absolute Gasteiger partial charge is 0.408 e. The van der Waals surface area contributed by atoms with Gasteiger partial charge in [0.15, 0.2) is 5.58 Å². The fraction of sp³-hybridized carbons (Fsp3) is 0.125. The fourth-order valence-corrected chi connectivity index (χ4v) is 1.50. The van der Waals surface area contributed by atoms with Crippen LogP contribution in [0.25, 0.3) is 11.1 Å². The second-order valence-corrected chi connectivity index (χ2v) is 3.06. The van der Waals surface area contributed by atoms with Crippen LogP contribution in [0.3, 0.4) is 0 Å². The lowest BCUT2D eigenvalue weighted by atomic mass is 10.3. The molecule has 0 N–H and O–H groups in total. The summed E-state index contributed by atoms with van der Waals surface area (Å²) in [5.74, 6) is -0.625. The lowest BCUT2D eigenvalue weighted by Gasteiger charge is -1.94. The van der Waals surface area contributed by atoms with Gasteiger partial charge in [-0.25, -0.2) is 4.79 Å². The van der Waals surface area contributed by atoms with Crippen molar-refractivity contribution >= 4 is 28.4 Å². The summed E-state index contributed by atoms with van der Waals surface area (Å²) in [5.41, 5.74) is 0.498. The molecule has 0 aliphatic carbocycles. The van der Waals surface area contributed by atoms with Crippen molar-refractivity contribution in [3.63, 3.8) is 0 Å². The van der Waals surface area contributed by atoms with Gasteiger partial charge >= 0.3 is 5.76 Å². The fourth-order valence-electron chi connectivity index (χ4n) is 1.28. The highest BCUT2D eigenvalue weighted by Gasteiger charge is 2.13. The van der Waals surface area contributed by atoms with Crippen molar-refractivity contribution in [1.82, 2.24) is 4.57 Å². The van der Waals surface area contributed by atoms with Crippen molar-refractivity contribution in [3.8, 4) is 0 Å². The van der Waals surface area contributed by atoms with Gasteiger partial charge in [-0.05, 0) is 6.07 Å². The monoisotopic (exact) mass is 228 g/mol. The van der Waals surface area contributed by atoms with Crippen LogP contribution in [0.4, 0.5) is 5.69 Å². The third kappa shape index (κ3) is 1.48. The lowest BCUT2D eigenvalue weighted by molar-refractivity contribution is -0.384. The first-order valence-electron chi connectivity index (χ1n) is 3.97. The molecular weight excluding hydrogens is 224 g/mol. The molecule has 1 aromatic carbocycles. The van der Waals surface area contributed by atoms with Gasteiger partial charge in [0.2, 0.25) is 0 Å². The number of benzene rings is 1. The van der Waals surface area contributed by atoms with Crippen LogP contribution in [-0.2, 0) is 6.00 Å². The highest BCUT2D eigenvalue weighted by molar-refractivity contribution is 6.15. The average molecular weight is 229 g/mol. The van der Waals surface area contributed by atoms with Crippen LogP contribution in [0.1, 0.15) is 0 Å². The minimum Gasteiger partial charge on any atom is -0.408 e. The zero-order chi connectivity index (χ0) is 11.0. The van der Waals surface area contributed by atoms with E-state index < -0.39 is 10.7 Å². The highest BCUT2D eigenvalue weighted by Crippen LogP contribution is 2.20. The summed E-state index contributed by atoms with van der Waals surface area (Å²) in [6.45, 7) is 0. The second kappa shape index (κ2) is 3.39. The molecule has 0 spiro atoms. The molecule has 0 saturated carbocycles. The van der Waals surface area contributed by atoms with Crippen LogP contribution in [-0.4, -0.2) is 9.49 Å². The maximum absolute atomic E-state index is 11.2. The van der Waals surface area contributed by atoms with Crippen molar-refractivity contribution in [2.45, 2.75) is 6.00 Å². The van der Waals surface area contributed by atoms with Crippen LogP contribution in [0.2, 0.25) is 0 Å². The standard InChI is InChI=1S/C8H5ClN2O4/c9-4-10-6-3-5(11(13)14)1-2-7(6)15-8(10)12/h1-3H,4H2. The number of rotatable bonds is 2. The summed E-state index contributed by atoms with van der Waals surface area (Å²) in [5, 5.41) is 10.5. The van der Waals surface area contributed by atoms with E-state index in [-0.39, 0.29) is 17.3 Å². The number of nitrogens with zero attached hydrogens (tertiary/aromatic N) is 2. The molecule has 0 atom stereocenters. The minimum absolute atomic E-state index is 0.104. The molecule has 0 radical (unpaired) electrons. The number of aromatic nitrogens is 1. The third-order valence-electron chi connectivity index (χ3n) is 1.98. The topological polar surface area (TPSA) is 78.3 Å². The van der Waals surface area contributed by atoms with Gasteiger partial charge in [-0.15, -0.1) is 11.6 Å². The molecule has 1 heterocycles. The molecule has 2 rings (SSSR count). The third-order valence-corrected chi connectivity index (χ3v) is 2.22. The summed E-state index contributed by atoms with van der Waals surface area (Å²) < 4.78 is 5.94.